The van der Waals surface area contributed by atoms with Gasteiger partial charge in [-0.2, -0.15) is 0 Å². The summed E-state index contributed by atoms with van der Waals surface area (Å²) in [6.45, 7) is 5.01. The van der Waals surface area contributed by atoms with Crippen LogP contribution in [0.4, 0.5) is 0 Å². The van der Waals surface area contributed by atoms with Crippen LogP contribution in [-0.4, -0.2) is 57.5 Å². The molecule has 0 bridgehead atoms. The summed E-state index contributed by atoms with van der Waals surface area (Å²) in [5, 5.41) is 0. The fourth-order valence-corrected chi connectivity index (χ4v) is 4.55. The van der Waals surface area contributed by atoms with Crippen molar-refractivity contribution in [2.24, 2.45) is 0 Å². The highest BCUT2D eigenvalue weighted by Gasteiger charge is 2.27. The van der Waals surface area contributed by atoms with Crippen molar-refractivity contribution in [1.82, 2.24) is 19.4 Å². The molecule has 1 saturated heterocycles. The molecule has 1 saturated carbocycles. The molecule has 5 nitrogen and oxygen atoms in total. The van der Waals surface area contributed by atoms with Gasteiger partial charge in [-0.05, 0) is 43.9 Å². The Labute approximate surface area is 148 Å². The first-order chi connectivity index (χ1) is 12.3. The number of carbonyl (C=O) groups is 1. The lowest BCUT2D eigenvalue weighted by atomic mass is 9.91. The lowest BCUT2D eigenvalue weighted by Gasteiger charge is -2.36. The van der Waals surface area contributed by atoms with Crippen molar-refractivity contribution in [2.75, 3.05) is 26.2 Å². The Hall–Kier alpha value is -1.88. The summed E-state index contributed by atoms with van der Waals surface area (Å²) in [5.74, 6) is 1.36. The van der Waals surface area contributed by atoms with Gasteiger partial charge in [0.15, 0.2) is 0 Å². The summed E-state index contributed by atoms with van der Waals surface area (Å²) in [6.07, 6.45) is 7.38. The molecule has 132 valence electrons. The van der Waals surface area contributed by atoms with Crippen molar-refractivity contribution < 1.29 is 4.79 Å². The Bertz CT molecular complexity index is 801. The van der Waals surface area contributed by atoms with Crippen LogP contribution in [0.25, 0.3) is 11.0 Å². The van der Waals surface area contributed by atoms with Crippen LogP contribution in [0.3, 0.4) is 0 Å². The molecule has 0 atom stereocenters. The van der Waals surface area contributed by atoms with Gasteiger partial charge in [-0.15, -0.1) is 0 Å². The van der Waals surface area contributed by atoms with E-state index in [9.17, 15) is 4.79 Å². The molecule has 1 aromatic carbocycles. The number of likely N-dealkylation sites (tertiary alicyclic amines) is 1. The van der Waals surface area contributed by atoms with Crippen LogP contribution in [0.5, 0.6) is 0 Å². The Morgan fingerprint density at radius 1 is 1.00 bits per heavy atom. The van der Waals surface area contributed by atoms with Crippen LogP contribution in [0.1, 0.15) is 48.3 Å². The average Bonchev–Trinajstić information content (AvgIpc) is 3.18. The number of nitrogens with zero attached hydrogens (tertiary/aromatic N) is 4. The molecular weight excluding hydrogens is 312 g/mol. The van der Waals surface area contributed by atoms with E-state index in [1.54, 1.807) is 0 Å². The van der Waals surface area contributed by atoms with Gasteiger partial charge in [0.25, 0.3) is 5.91 Å². The molecule has 2 aromatic rings. The first-order valence-corrected chi connectivity index (χ1v) is 9.82. The molecule has 1 amide bonds. The largest absolute Gasteiger partial charge is 0.339 e. The maximum Gasteiger partial charge on any atom is 0.253 e. The SMILES string of the molecule is O=C(c1ccc2nc3n(c2c1)CCN(C1CCC1)CC3)N1CCCC1. The maximum absolute atomic E-state index is 12.7. The number of hydrogen-bond acceptors (Lipinski definition) is 3. The summed E-state index contributed by atoms with van der Waals surface area (Å²) >= 11 is 0. The fraction of sp³-hybridized carbons (Fsp3) is 0.600. The Kier molecular flexibility index (Phi) is 3.77. The van der Waals surface area contributed by atoms with E-state index in [2.05, 4.69) is 15.5 Å². The van der Waals surface area contributed by atoms with Crippen LogP contribution in [0.2, 0.25) is 0 Å². The van der Waals surface area contributed by atoms with E-state index in [0.717, 1.165) is 74.6 Å². The zero-order valence-corrected chi connectivity index (χ0v) is 14.8. The maximum atomic E-state index is 12.7. The van der Waals surface area contributed by atoms with E-state index in [1.165, 1.54) is 25.1 Å². The van der Waals surface area contributed by atoms with Gasteiger partial charge in [0, 0.05) is 50.7 Å². The molecular formula is C20H26N4O. The number of amides is 1. The van der Waals surface area contributed by atoms with E-state index < -0.39 is 0 Å². The molecule has 5 heteroatoms. The lowest BCUT2D eigenvalue weighted by molar-refractivity contribution is 0.0793. The van der Waals surface area contributed by atoms with Crippen molar-refractivity contribution >= 4 is 16.9 Å². The number of benzene rings is 1. The molecule has 25 heavy (non-hydrogen) atoms. The van der Waals surface area contributed by atoms with Gasteiger partial charge < -0.3 is 9.47 Å². The second kappa shape index (κ2) is 6.13. The third kappa shape index (κ3) is 2.65. The van der Waals surface area contributed by atoms with Crippen LogP contribution in [-0.2, 0) is 13.0 Å². The minimum Gasteiger partial charge on any atom is -0.339 e. The molecule has 5 rings (SSSR count). The summed E-state index contributed by atoms with van der Waals surface area (Å²) in [5.41, 5.74) is 2.98. The average molecular weight is 338 g/mol. The predicted octanol–water partition coefficient (Wildman–Crippen LogP) is 2.68. The van der Waals surface area contributed by atoms with Gasteiger partial charge in [0.1, 0.15) is 5.82 Å². The van der Waals surface area contributed by atoms with Gasteiger partial charge in [0.05, 0.1) is 11.0 Å². The number of imidazole rings is 1. The second-order valence-corrected chi connectivity index (χ2v) is 7.75. The van der Waals surface area contributed by atoms with Crippen LogP contribution >= 0.6 is 0 Å². The minimum absolute atomic E-state index is 0.180. The van der Waals surface area contributed by atoms with Crippen molar-refractivity contribution in [3.05, 3.63) is 29.6 Å². The number of aromatic nitrogens is 2. The smallest absolute Gasteiger partial charge is 0.253 e. The third-order valence-electron chi connectivity index (χ3n) is 6.29. The Morgan fingerprint density at radius 3 is 2.60 bits per heavy atom. The van der Waals surface area contributed by atoms with Gasteiger partial charge in [0.2, 0.25) is 0 Å². The minimum atomic E-state index is 0.180. The van der Waals surface area contributed by atoms with Crippen molar-refractivity contribution in [3.63, 3.8) is 0 Å². The van der Waals surface area contributed by atoms with E-state index in [4.69, 9.17) is 4.98 Å². The molecule has 3 heterocycles. The van der Waals surface area contributed by atoms with Crippen LogP contribution in [0.15, 0.2) is 18.2 Å². The lowest BCUT2D eigenvalue weighted by Crippen LogP contribution is -2.41. The zero-order valence-electron chi connectivity index (χ0n) is 14.8. The molecule has 2 fully saturated rings. The monoisotopic (exact) mass is 338 g/mol. The summed E-state index contributed by atoms with van der Waals surface area (Å²) < 4.78 is 2.36. The topological polar surface area (TPSA) is 41.4 Å². The number of carbonyl (C=O) groups excluding carboxylic acids is 1. The predicted molar refractivity (Wildman–Crippen MR) is 97.8 cm³/mol. The highest BCUT2D eigenvalue weighted by molar-refractivity contribution is 5.97. The summed E-state index contributed by atoms with van der Waals surface area (Å²) in [6, 6.07) is 6.86. The van der Waals surface area contributed by atoms with Crippen LogP contribution in [0, 0.1) is 0 Å². The fourth-order valence-electron chi connectivity index (χ4n) is 4.55. The molecule has 0 radical (unpaired) electrons. The van der Waals surface area contributed by atoms with Gasteiger partial charge in [-0.3, -0.25) is 9.69 Å². The molecule has 0 unspecified atom stereocenters. The molecule has 0 spiro atoms. The van der Waals surface area contributed by atoms with Crippen LogP contribution < -0.4 is 0 Å². The van der Waals surface area contributed by atoms with E-state index in [1.807, 2.05) is 17.0 Å². The highest BCUT2D eigenvalue weighted by atomic mass is 16.2. The molecule has 0 N–H and O–H groups in total. The molecule has 1 aromatic heterocycles. The summed E-state index contributed by atoms with van der Waals surface area (Å²) in [4.78, 5) is 22.2. The summed E-state index contributed by atoms with van der Waals surface area (Å²) in [7, 11) is 0. The van der Waals surface area contributed by atoms with E-state index in [-0.39, 0.29) is 5.91 Å². The number of rotatable bonds is 2. The quantitative estimate of drug-likeness (QED) is 0.845. The number of hydrogen-bond donors (Lipinski definition) is 0. The Balaban J connectivity index is 1.44. The second-order valence-electron chi connectivity index (χ2n) is 7.75. The van der Waals surface area contributed by atoms with Gasteiger partial charge in [-0.25, -0.2) is 4.98 Å². The first kappa shape index (κ1) is 15.4. The molecule has 2 aliphatic heterocycles. The third-order valence-corrected chi connectivity index (χ3v) is 6.29. The van der Waals surface area contributed by atoms with E-state index in [0.29, 0.717) is 0 Å². The van der Waals surface area contributed by atoms with Gasteiger partial charge >= 0.3 is 0 Å². The zero-order chi connectivity index (χ0) is 16.8. The number of fused-ring (bicyclic) bond motifs is 3. The molecule has 3 aliphatic rings. The molecule has 1 aliphatic carbocycles. The standard InChI is InChI=1S/C20H26N4O/c25-20(23-9-1-2-10-23)15-6-7-17-18(14-15)24-13-12-22(16-4-3-5-16)11-8-19(24)21-17/h6-7,14,16H,1-5,8-13H2. The van der Waals surface area contributed by atoms with Gasteiger partial charge in [-0.1, -0.05) is 6.42 Å². The van der Waals surface area contributed by atoms with Crippen molar-refractivity contribution in [1.29, 1.82) is 0 Å². The normalized spacial score (nSPS) is 22.0. The van der Waals surface area contributed by atoms with Crippen molar-refractivity contribution in [3.8, 4) is 0 Å². The van der Waals surface area contributed by atoms with E-state index >= 15 is 0 Å². The first-order valence-electron chi connectivity index (χ1n) is 9.82. The van der Waals surface area contributed by atoms with Crippen molar-refractivity contribution in [2.45, 2.75) is 51.1 Å². The Morgan fingerprint density at radius 2 is 1.84 bits per heavy atom. The highest BCUT2D eigenvalue weighted by Crippen LogP contribution is 2.27.